The first kappa shape index (κ1) is 35.5. The zero-order valence-electron chi connectivity index (χ0n) is 25.4. The third-order valence-electron chi connectivity index (χ3n) is 8.65. The Kier molecular flexibility index (Phi) is 20.3. The van der Waals surface area contributed by atoms with E-state index in [1.807, 2.05) is 0 Å². The summed E-state index contributed by atoms with van der Waals surface area (Å²) in [5, 5.41) is 1.86. The van der Waals surface area contributed by atoms with Crippen molar-refractivity contribution in [3.63, 3.8) is 0 Å². The van der Waals surface area contributed by atoms with Gasteiger partial charge in [-0.05, 0) is 63.6 Å². The van der Waals surface area contributed by atoms with Crippen molar-refractivity contribution in [2.24, 2.45) is 11.5 Å². The second-order valence-corrected chi connectivity index (χ2v) is 14.4. The van der Waals surface area contributed by atoms with Crippen molar-refractivity contribution in [3.05, 3.63) is 0 Å². The van der Waals surface area contributed by atoms with Crippen molar-refractivity contribution in [1.29, 1.82) is 0 Å². The van der Waals surface area contributed by atoms with Crippen LogP contribution in [0.25, 0.3) is 0 Å². The summed E-state index contributed by atoms with van der Waals surface area (Å²) >= 11 is 6.26. The van der Waals surface area contributed by atoms with Crippen LogP contribution in [0.4, 0.5) is 0 Å². The summed E-state index contributed by atoms with van der Waals surface area (Å²) in [5.41, 5.74) is 9.24. The van der Waals surface area contributed by atoms with Gasteiger partial charge in [-0.1, -0.05) is 89.9 Å². The van der Waals surface area contributed by atoms with Gasteiger partial charge in [0.1, 0.15) is 11.6 Å². The third kappa shape index (κ3) is 20.3. The molecule has 2 saturated carbocycles. The van der Waals surface area contributed by atoms with Crippen molar-refractivity contribution in [2.75, 3.05) is 0 Å². The maximum Gasteiger partial charge on any atom is 0.160 e. The predicted octanol–water partition coefficient (Wildman–Crippen LogP) is 8.72. The van der Waals surface area contributed by atoms with Crippen LogP contribution in [-0.2, 0) is 14.3 Å². The molecular formula is C33H60N2O3S2. The molecule has 5 nitrogen and oxygen atoms in total. The van der Waals surface area contributed by atoms with Crippen LogP contribution in [0.3, 0.4) is 0 Å². The Bertz CT molecular complexity index is 649. The summed E-state index contributed by atoms with van der Waals surface area (Å²) in [6, 6.07) is 0. The molecule has 0 bridgehead atoms. The van der Waals surface area contributed by atoms with E-state index in [1.165, 1.54) is 109 Å². The Morgan fingerprint density at radius 2 is 0.825 bits per heavy atom. The number of fused-ring (bicyclic) bond motifs is 2. The molecule has 4 N–H and O–H groups in total. The number of hydrogen-bond acceptors (Lipinski definition) is 5. The molecule has 4 fully saturated rings. The largest absolute Gasteiger partial charge is 0.377 e. The quantitative estimate of drug-likeness (QED) is 0.213. The molecule has 4 aliphatic rings. The molecule has 0 aromatic rings. The van der Waals surface area contributed by atoms with E-state index in [0.717, 1.165) is 68.3 Å². The average molecular weight is 597 g/mol. The van der Waals surface area contributed by atoms with Crippen molar-refractivity contribution >= 4 is 40.7 Å². The highest BCUT2D eigenvalue weighted by Gasteiger charge is 2.37. The molecule has 0 amide bonds. The van der Waals surface area contributed by atoms with Gasteiger partial charge in [0.25, 0.3) is 0 Å². The molecule has 4 rings (SSSR count). The molecule has 2 aliphatic heterocycles. The summed E-state index contributed by atoms with van der Waals surface area (Å²) in [5.74, 6) is 0.989. The minimum atomic E-state index is 0.000000000000000222. The molecule has 4 unspecified atom stereocenters. The highest BCUT2D eigenvalue weighted by Crippen LogP contribution is 2.47. The molecule has 0 spiro atoms. The lowest BCUT2D eigenvalue weighted by Gasteiger charge is -2.04. The Labute approximate surface area is 255 Å². The maximum atomic E-state index is 11.7. The zero-order chi connectivity index (χ0) is 28.8. The number of thioether (sulfide) groups is 1. The van der Waals surface area contributed by atoms with E-state index in [2.05, 4.69) is 35.4 Å². The molecule has 0 aromatic heterocycles. The van der Waals surface area contributed by atoms with E-state index in [0.29, 0.717) is 23.8 Å². The van der Waals surface area contributed by atoms with Crippen LogP contribution in [0, 0.1) is 0 Å². The van der Waals surface area contributed by atoms with E-state index < -0.39 is 0 Å². The van der Waals surface area contributed by atoms with Gasteiger partial charge in [0.15, 0.2) is 5.11 Å². The summed E-state index contributed by atoms with van der Waals surface area (Å²) in [7, 11) is 0. The summed E-state index contributed by atoms with van der Waals surface area (Å²) in [4.78, 5) is 23.3. The van der Waals surface area contributed by atoms with E-state index >= 15 is 0 Å². The fourth-order valence-corrected chi connectivity index (χ4v) is 7.32. The van der Waals surface area contributed by atoms with Crippen LogP contribution in [0.1, 0.15) is 167 Å². The minimum Gasteiger partial charge on any atom is -0.377 e. The van der Waals surface area contributed by atoms with Crippen LogP contribution < -0.4 is 11.5 Å². The first-order valence-electron chi connectivity index (χ1n) is 16.8. The Hall–Kier alpha value is -0.660. The molecule has 7 heteroatoms. The number of nitrogens with two attached hydrogens (primary N) is 2. The Balaban J connectivity index is 0.000000247. The number of ether oxygens (including phenoxy) is 1. The number of epoxide rings is 1. The lowest BCUT2D eigenvalue weighted by atomic mass is 10.0. The minimum absolute atomic E-state index is 0.000000000000000222. The molecule has 0 aromatic carbocycles. The standard InChI is InChI=1S/C16H28O2.C16H28OS.CH4N2S/c2*17-14-10-7-5-3-1-2-4-6-8-12-15-16(18-15)13-9-11-14;2-1(3)4/h2*15-16H,1-13H2;(H4,2,3,4). The van der Waals surface area contributed by atoms with Crippen molar-refractivity contribution in [1.82, 2.24) is 0 Å². The summed E-state index contributed by atoms with van der Waals surface area (Å²) in [6.45, 7) is 0. The lowest BCUT2D eigenvalue weighted by molar-refractivity contribution is -0.120. The van der Waals surface area contributed by atoms with Crippen molar-refractivity contribution < 1.29 is 14.3 Å². The molecule has 40 heavy (non-hydrogen) atoms. The molecule has 2 saturated heterocycles. The third-order valence-corrected chi connectivity index (χ3v) is 10.2. The first-order chi connectivity index (χ1) is 19.5. The molecule has 232 valence electrons. The molecule has 2 heterocycles. The lowest BCUT2D eigenvalue weighted by Crippen LogP contribution is -2.18. The molecule has 2 aliphatic carbocycles. The van der Waals surface area contributed by atoms with Gasteiger partial charge in [-0.25, -0.2) is 0 Å². The highest BCUT2D eigenvalue weighted by atomic mass is 32.2. The summed E-state index contributed by atoms with van der Waals surface area (Å²) in [6.07, 6.45) is 33.0. The Morgan fingerprint density at radius 3 is 1.30 bits per heavy atom. The van der Waals surface area contributed by atoms with Gasteiger partial charge in [0.05, 0.1) is 12.2 Å². The zero-order valence-corrected chi connectivity index (χ0v) is 27.0. The fraction of sp³-hybridized carbons (Fsp3) is 0.909. The van der Waals surface area contributed by atoms with Crippen molar-refractivity contribution in [2.45, 2.75) is 190 Å². The number of carbonyl (C=O) groups is 2. The second kappa shape index (κ2) is 22.9. The Morgan fingerprint density at radius 1 is 0.525 bits per heavy atom. The SMILES string of the molecule is NC(N)=S.O=C1CCCCCCCCCCC2OC2CCC1.O=C1CCCCCCCCCCC2SC2CCC1. The number of carbonyl (C=O) groups excluding carboxylic acids is 2. The highest BCUT2D eigenvalue weighted by molar-refractivity contribution is 8.07. The summed E-state index contributed by atoms with van der Waals surface area (Å²) < 4.78 is 5.67. The number of ketones is 2. The van der Waals surface area contributed by atoms with E-state index in [-0.39, 0.29) is 5.11 Å². The van der Waals surface area contributed by atoms with Gasteiger partial charge in [-0.3, -0.25) is 9.59 Å². The number of hydrogen-bond donors (Lipinski definition) is 2. The fourth-order valence-electron chi connectivity index (χ4n) is 6.08. The van der Waals surface area contributed by atoms with E-state index in [9.17, 15) is 9.59 Å². The van der Waals surface area contributed by atoms with Gasteiger partial charge < -0.3 is 16.2 Å². The molecule has 0 radical (unpaired) electrons. The van der Waals surface area contributed by atoms with Gasteiger partial charge in [-0.2, -0.15) is 11.8 Å². The van der Waals surface area contributed by atoms with E-state index in [1.54, 1.807) is 0 Å². The van der Waals surface area contributed by atoms with Crippen LogP contribution >= 0.6 is 24.0 Å². The topological polar surface area (TPSA) is 98.7 Å². The number of rotatable bonds is 0. The van der Waals surface area contributed by atoms with Crippen LogP contribution in [0.5, 0.6) is 0 Å². The van der Waals surface area contributed by atoms with Gasteiger partial charge >= 0.3 is 0 Å². The van der Waals surface area contributed by atoms with Crippen molar-refractivity contribution in [3.8, 4) is 0 Å². The second-order valence-electron chi connectivity index (χ2n) is 12.4. The number of thiocarbonyl (C=S) groups is 1. The van der Waals surface area contributed by atoms with Crippen LogP contribution in [-0.4, -0.2) is 39.4 Å². The monoisotopic (exact) mass is 596 g/mol. The van der Waals surface area contributed by atoms with Gasteiger partial charge in [0, 0.05) is 36.2 Å². The molecule has 4 atom stereocenters. The normalized spacial score (nSPS) is 30.1. The van der Waals surface area contributed by atoms with Gasteiger partial charge in [0.2, 0.25) is 0 Å². The smallest absolute Gasteiger partial charge is 0.160 e. The predicted molar refractivity (Wildman–Crippen MR) is 175 cm³/mol. The van der Waals surface area contributed by atoms with Crippen LogP contribution in [0.2, 0.25) is 0 Å². The van der Waals surface area contributed by atoms with Gasteiger partial charge in [-0.15, -0.1) is 0 Å². The van der Waals surface area contributed by atoms with Crippen LogP contribution in [0.15, 0.2) is 0 Å². The average Bonchev–Trinajstić information content (AvgIpc) is 3.83. The van der Waals surface area contributed by atoms with E-state index in [4.69, 9.17) is 4.74 Å². The molecular weight excluding hydrogens is 537 g/mol. The maximum absolute atomic E-state index is 11.7. The number of Topliss-reactive ketones (excluding diaryl/α,β-unsaturated/α-hetero) is 2. The first-order valence-corrected chi connectivity index (χ1v) is 18.2.